The molecule has 36 heavy (non-hydrogen) atoms. The highest BCUT2D eigenvalue weighted by molar-refractivity contribution is 5.69. The van der Waals surface area contributed by atoms with E-state index in [1.807, 2.05) is 6.07 Å². The van der Waals surface area contributed by atoms with Crippen molar-refractivity contribution in [1.29, 1.82) is 0 Å². The highest BCUT2D eigenvalue weighted by atomic mass is 16.5. The molecule has 4 unspecified atom stereocenters. The van der Waals surface area contributed by atoms with Crippen LogP contribution in [-0.4, -0.2) is 54.4 Å². The molecule has 0 amide bonds. The number of carbonyl (C=O) groups is 1. The van der Waals surface area contributed by atoms with Gasteiger partial charge in [0.15, 0.2) is 0 Å². The second-order valence-electron chi connectivity index (χ2n) is 10.1. The Morgan fingerprint density at radius 2 is 1.67 bits per heavy atom. The number of benzene rings is 2. The molecule has 0 spiro atoms. The van der Waals surface area contributed by atoms with E-state index in [0.29, 0.717) is 31.8 Å². The van der Waals surface area contributed by atoms with Gasteiger partial charge in [0, 0.05) is 24.8 Å². The first-order valence-corrected chi connectivity index (χ1v) is 13.6. The summed E-state index contributed by atoms with van der Waals surface area (Å²) in [7, 11) is 1.43. The zero-order chi connectivity index (χ0) is 25.2. The van der Waals surface area contributed by atoms with Gasteiger partial charge in [0.25, 0.3) is 0 Å². The smallest absolute Gasteiger partial charge is 0.305 e. The summed E-state index contributed by atoms with van der Waals surface area (Å²) in [5.41, 5.74) is 3.58. The number of hydrogen-bond donors (Lipinski definition) is 1. The van der Waals surface area contributed by atoms with Crippen LogP contribution in [0, 0.1) is 5.92 Å². The van der Waals surface area contributed by atoms with Crippen LogP contribution >= 0.6 is 0 Å². The lowest BCUT2D eigenvalue weighted by Crippen LogP contribution is -2.47. The quantitative estimate of drug-likeness (QED) is 0.320. The predicted octanol–water partition coefficient (Wildman–Crippen LogP) is 5.76. The maximum atomic E-state index is 11.3. The first-order chi connectivity index (χ1) is 17.7. The monoisotopic (exact) mass is 491 g/mol. The van der Waals surface area contributed by atoms with E-state index in [2.05, 4.69) is 65.6 Å². The van der Waals surface area contributed by atoms with Crippen LogP contribution in [0.5, 0.6) is 0 Å². The summed E-state index contributed by atoms with van der Waals surface area (Å²) in [6.45, 7) is 2.70. The number of aliphatic hydroxyl groups excluding tert-OH is 1. The lowest BCUT2D eigenvalue weighted by molar-refractivity contribution is -0.140. The summed E-state index contributed by atoms with van der Waals surface area (Å²) in [4.78, 5) is 13.8. The van der Waals surface area contributed by atoms with Crippen LogP contribution in [-0.2, 0) is 20.9 Å². The molecule has 2 aromatic rings. The molecule has 1 aliphatic heterocycles. The summed E-state index contributed by atoms with van der Waals surface area (Å²) >= 11 is 0. The van der Waals surface area contributed by atoms with Crippen LogP contribution < -0.4 is 0 Å². The van der Waals surface area contributed by atoms with Crippen LogP contribution in [0.15, 0.2) is 66.7 Å². The Hall–Kier alpha value is -2.47. The van der Waals surface area contributed by atoms with Gasteiger partial charge in [-0.3, -0.25) is 9.69 Å². The third kappa shape index (κ3) is 7.28. The van der Waals surface area contributed by atoms with E-state index >= 15 is 0 Å². The van der Waals surface area contributed by atoms with Gasteiger partial charge in [0.2, 0.25) is 0 Å². The van der Waals surface area contributed by atoms with Gasteiger partial charge >= 0.3 is 5.97 Å². The number of likely N-dealkylation sites (tertiary alicyclic amines) is 1. The second kappa shape index (κ2) is 13.7. The van der Waals surface area contributed by atoms with Crippen molar-refractivity contribution in [2.75, 3.05) is 20.2 Å². The van der Waals surface area contributed by atoms with Gasteiger partial charge in [0.05, 0.1) is 25.9 Å². The molecule has 0 radical (unpaired) electrons. The minimum Gasteiger partial charge on any atom is -0.469 e. The number of carbonyl (C=O) groups excluding carboxylic acids is 1. The van der Waals surface area contributed by atoms with Crippen molar-refractivity contribution in [2.24, 2.45) is 5.92 Å². The van der Waals surface area contributed by atoms with Gasteiger partial charge in [0.1, 0.15) is 0 Å². The van der Waals surface area contributed by atoms with Crippen molar-refractivity contribution in [3.8, 4) is 11.1 Å². The summed E-state index contributed by atoms with van der Waals surface area (Å²) in [5, 5.41) is 11.1. The number of esters is 1. The number of rotatable bonds is 11. The molecule has 4 atom stereocenters. The van der Waals surface area contributed by atoms with Crippen LogP contribution in [0.2, 0.25) is 0 Å². The Morgan fingerprint density at radius 3 is 2.39 bits per heavy atom. The Labute approximate surface area is 216 Å². The number of piperidine rings is 1. The summed E-state index contributed by atoms with van der Waals surface area (Å²) in [6.07, 6.45) is 11.4. The van der Waals surface area contributed by atoms with E-state index in [9.17, 15) is 9.90 Å². The lowest BCUT2D eigenvalue weighted by Gasteiger charge is -2.38. The molecule has 4 rings (SSSR count). The van der Waals surface area contributed by atoms with Gasteiger partial charge in [-0.05, 0) is 61.9 Å². The third-order valence-corrected chi connectivity index (χ3v) is 7.70. The molecule has 5 heteroatoms. The van der Waals surface area contributed by atoms with Crippen molar-refractivity contribution in [2.45, 2.75) is 76.2 Å². The molecule has 1 heterocycles. The number of methoxy groups -OCH3 is 1. The molecule has 2 aromatic carbocycles. The SMILES string of the molecule is COC(=O)CCC=CCCC1C(OCc2ccc(-c3ccccc3)cc2)CC(O)C1N1CCCCC1. The summed E-state index contributed by atoms with van der Waals surface area (Å²) in [5.74, 6) is 0.126. The van der Waals surface area contributed by atoms with E-state index < -0.39 is 0 Å². The topological polar surface area (TPSA) is 59.0 Å². The van der Waals surface area contributed by atoms with E-state index in [0.717, 1.165) is 31.5 Å². The summed E-state index contributed by atoms with van der Waals surface area (Å²) in [6, 6.07) is 19.2. The largest absolute Gasteiger partial charge is 0.469 e. The highest BCUT2D eigenvalue weighted by Gasteiger charge is 2.45. The molecule has 5 nitrogen and oxygen atoms in total. The number of aliphatic hydroxyl groups is 1. The van der Waals surface area contributed by atoms with Gasteiger partial charge in [-0.25, -0.2) is 0 Å². The van der Waals surface area contributed by atoms with Gasteiger partial charge in [-0.1, -0.05) is 73.2 Å². The number of hydrogen-bond acceptors (Lipinski definition) is 5. The zero-order valence-electron chi connectivity index (χ0n) is 21.6. The van der Waals surface area contributed by atoms with Gasteiger partial charge < -0.3 is 14.6 Å². The molecular formula is C31H41NO4. The Morgan fingerprint density at radius 1 is 0.972 bits per heavy atom. The average molecular weight is 492 g/mol. The minimum atomic E-state index is -0.345. The van der Waals surface area contributed by atoms with E-state index in [-0.39, 0.29) is 24.2 Å². The predicted molar refractivity (Wildman–Crippen MR) is 143 cm³/mol. The molecule has 1 saturated carbocycles. The molecule has 0 bridgehead atoms. The summed E-state index contributed by atoms with van der Waals surface area (Å²) < 4.78 is 11.2. The second-order valence-corrected chi connectivity index (χ2v) is 10.1. The molecule has 1 aliphatic carbocycles. The number of allylic oxidation sites excluding steroid dienone is 2. The van der Waals surface area contributed by atoms with Crippen molar-refractivity contribution >= 4 is 5.97 Å². The fourth-order valence-corrected chi connectivity index (χ4v) is 5.79. The molecule has 1 N–H and O–H groups in total. The molecule has 0 aromatic heterocycles. The van der Waals surface area contributed by atoms with E-state index in [1.165, 1.54) is 37.5 Å². The molecule has 2 aliphatic rings. The van der Waals surface area contributed by atoms with Crippen LogP contribution in [0.3, 0.4) is 0 Å². The van der Waals surface area contributed by atoms with Crippen LogP contribution in [0.25, 0.3) is 11.1 Å². The van der Waals surface area contributed by atoms with Crippen LogP contribution in [0.1, 0.15) is 56.9 Å². The van der Waals surface area contributed by atoms with Crippen molar-refractivity contribution < 1.29 is 19.4 Å². The van der Waals surface area contributed by atoms with Gasteiger partial charge in [-0.15, -0.1) is 0 Å². The molecule has 2 fully saturated rings. The highest BCUT2D eigenvalue weighted by Crippen LogP contribution is 2.38. The molecule has 1 saturated heterocycles. The van der Waals surface area contributed by atoms with Gasteiger partial charge in [-0.2, -0.15) is 0 Å². The Balaban J connectivity index is 1.36. The number of nitrogens with zero attached hydrogens (tertiary/aromatic N) is 1. The van der Waals surface area contributed by atoms with E-state index in [4.69, 9.17) is 9.47 Å². The first kappa shape index (κ1) is 26.6. The third-order valence-electron chi connectivity index (χ3n) is 7.70. The normalized spacial score (nSPS) is 24.8. The van der Waals surface area contributed by atoms with Crippen molar-refractivity contribution in [1.82, 2.24) is 4.90 Å². The van der Waals surface area contributed by atoms with Crippen molar-refractivity contribution in [3.63, 3.8) is 0 Å². The lowest BCUT2D eigenvalue weighted by atomic mass is 9.92. The fraction of sp³-hybridized carbons (Fsp3) is 0.516. The Kier molecular flexibility index (Phi) is 10.1. The maximum absolute atomic E-state index is 11.3. The standard InChI is InChI=1S/C31H41NO4/c1-35-30(34)15-9-3-2-8-14-27-29(22-28(33)31(27)32-20-10-5-11-21-32)36-23-24-16-18-26(19-17-24)25-12-6-4-7-13-25/h2-4,6-7,12-13,16-19,27-29,31,33H,5,8-11,14-15,20-23H2,1H3. The minimum absolute atomic E-state index is 0.0456. The number of ether oxygens (including phenoxy) is 2. The van der Waals surface area contributed by atoms with E-state index in [1.54, 1.807) is 0 Å². The average Bonchev–Trinajstić information content (AvgIpc) is 3.25. The zero-order valence-corrected chi connectivity index (χ0v) is 21.6. The first-order valence-electron chi connectivity index (χ1n) is 13.6. The fourth-order valence-electron chi connectivity index (χ4n) is 5.79. The van der Waals surface area contributed by atoms with Crippen molar-refractivity contribution in [3.05, 3.63) is 72.3 Å². The molecule has 194 valence electrons. The molecular weight excluding hydrogens is 450 g/mol. The Bertz CT molecular complexity index is 952. The maximum Gasteiger partial charge on any atom is 0.305 e. The van der Waals surface area contributed by atoms with Crippen LogP contribution in [0.4, 0.5) is 0 Å².